The van der Waals surface area contributed by atoms with Crippen LogP contribution in [0.5, 0.6) is 0 Å². The lowest BCUT2D eigenvalue weighted by Crippen LogP contribution is -2.15. The van der Waals surface area contributed by atoms with Gasteiger partial charge < -0.3 is 5.32 Å². The Balaban J connectivity index is 1.84. The number of fused-ring (bicyclic) bond motifs is 1. The van der Waals surface area contributed by atoms with Crippen molar-refractivity contribution in [3.8, 4) is 0 Å². The van der Waals surface area contributed by atoms with E-state index in [0.29, 0.717) is 24.3 Å². The Morgan fingerprint density at radius 3 is 2.80 bits per heavy atom. The number of carbonyl (C=O) groups is 1. The molecule has 1 aliphatic heterocycles. The van der Waals surface area contributed by atoms with Crippen molar-refractivity contribution in [2.45, 2.75) is 13.1 Å². The molecule has 0 saturated heterocycles. The number of carbonyl (C=O) groups excluding carboxylic acids is 1. The van der Waals surface area contributed by atoms with Crippen LogP contribution in [-0.2, 0) is 13.1 Å². The number of hydrogen-bond donors (Lipinski definition) is 2. The number of nitrogens with one attached hydrogen (secondary N) is 2. The van der Waals surface area contributed by atoms with Gasteiger partial charge in [-0.2, -0.15) is 0 Å². The van der Waals surface area contributed by atoms with Gasteiger partial charge in [0.05, 0.1) is 11.3 Å². The van der Waals surface area contributed by atoms with E-state index in [1.54, 1.807) is 0 Å². The standard InChI is InChI=1S/C12H8F3N3OS/c13-6-2-1-5(9(14)10(6)15)11(19)18-12-17-7-3-16-4-8(7)20-12/h1-2,16H,3-4H2,(H,17,18,19). The topological polar surface area (TPSA) is 54.0 Å². The molecular weight excluding hydrogens is 291 g/mol. The summed E-state index contributed by atoms with van der Waals surface area (Å²) in [7, 11) is 0. The van der Waals surface area contributed by atoms with E-state index in [1.807, 2.05) is 0 Å². The first-order valence-corrected chi connectivity index (χ1v) is 6.52. The zero-order chi connectivity index (χ0) is 14.3. The smallest absolute Gasteiger partial charge is 0.260 e. The highest BCUT2D eigenvalue weighted by Gasteiger charge is 2.21. The molecule has 0 saturated carbocycles. The molecule has 1 aliphatic rings. The molecule has 2 aromatic rings. The summed E-state index contributed by atoms with van der Waals surface area (Å²) in [6.07, 6.45) is 0. The highest BCUT2D eigenvalue weighted by atomic mass is 32.1. The Kier molecular flexibility index (Phi) is 3.19. The average molecular weight is 299 g/mol. The third kappa shape index (κ3) is 2.16. The molecule has 2 N–H and O–H groups in total. The first kappa shape index (κ1) is 13.1. The average Bonchev–Trinajstić information content (AvgIpc) is 2.96. The van der Waals surface area contributed by atoms with Crippen molar-refractivity contribution in [2.75, 3.05) is 5.32 Å². The van der Waals surface area contributed by atoms with Gasteiger partial charge in [-0.05, 0) is 12.1 Å². The molecular formula is C12H8F3N3OS. The fourth-order valence-electron chi connectivity index (χ4n) is 1.87. The molecule has 0 aliphatic carbocycles. The van der Waals surface area contributed by atoms with E-state index >= 15 is 0 Å². The molecule has 0 radical (unpaired) electrons. The van der Waals surface area contributed by atoms with Gasteiger partial charge in [0.15, 0.2) is 22.6 Å². The van der Waals surface area contributed by atoms with Crippen LogP contribution >= 0.6 is 11.3 Å². The quantitative estimate of drug-likeness (QED) is 0.837. The molecule has 0 spiro atoms. The molecule has 1 aromatic carbocycles. The van der Waals surface area contributed by atoms with Crippen molar-refractivity contribution >= 4 is 22.4 Å². The van der Waals surface area contributed by atoms with Crippen molar-refractivity contribution in [3.05, 3.63) is 45.7 Å². The van der Waals surface area contributed by atoms with Crippen molar-refractivity contribution in [1.82, 2.24) is 10.3 Å². The molecule has 2 heterocycles. The van der Waals surface area contributed by atoms with Crippen LogP contribution in [0.2, 0.25) is 0 Å². The molecule has 4 nitrogen and oxygen atoms in total. The Morgan fingerprint density at radius 1 is 1.25 bits per heavy atom. The summed E-state index contributed by atoms with van der Waals surface area (Å²) in [5, 5.41) is 5.78. The van der Waals surface area contributed by atoms with E-state index in [2.05, 4.69) is 15.6 Å². The summed E-state index contributed by atoms with van der Waals surface area (Å²) < 4.78 is 39.3. The maximum absolute atomic E-state index is 13.5. The van der Waals surface area contributed by atoms with Gasteiger partial charge in [0, 0.05) is 18.0 Å². The maximum Gasteiger partial charge on any atom is 0.260 e. The lowest BCUT2D eigenvalue weighted by atomic mass is 10.2. The van der Waals surface area contributed by atoms with Gasteiger partial charge in [-0.3, -0.25) is 10.1 Å². The van der Waals surface area contributed by atoms with Crippen molar-refractivity contribution in [1.29, 1.82) is 0 Å². The minimum Gasteiger partial charge on any atom is -0.306 e. The summed E-state index contributed by atoms with van der Waals surface area (Å²) in [5.74, 6) is -5.36. The molecule has 20 heavy (non-hydrogen) atoms. The third-order valence-corrected chi connectivity index (χ3v) is 3.87. The van der Waals surface area contributed by atoms with Gasteiger partial charge in [-0.1, -0.05) is 0 Å². The van der Waals surface area contributed by atoms with Gasteiger partial charge in [0.1, 0.15) is 0 Å². The normalized spacial score (nSPS) is 13.3. The van der Waals surface area contributed by atoms with E-state index in [0.717, 1.165) is 16.6 Å². The number of amides is 1. The van der Waals surface area contributed by atoms with Crippen LogP contribution in [0.4, 0.5) is 18.3 Å². The van der Waals surface area contributed by atoms with E-state index in [4.69, 9.17) is 0 Å². The summed E-state index contributed by atoms with van der Waals surface area (Å²) in [5.41, 5.74) is 0.272. The SMILES string of the molecule is O=C(Nc1nc2c(s1)CNC2)c1ccc(F)c(F)c1F. The summed E-state index contributed by atoms with van der Waals surface area (Å²) in [4.78, 5) is 17.0. The second-order valence-corrected chi connectivity index (χ2v) is 5.25. The fraction of sp³-hybridized carbons (Fsp3) is 0.167. The molecule has 1 aromatic heterocycles. The largest absolute Gasteiger partial charge is 0.306 e. The van der Waals surface area contributed by atoms with Gasteiger partial charge in [-0.15, -0.1) is 11.3 Å². The Morgan fingerprint density at radius 2 is 2.05 bits per heavy atom. The monoisotopic (exact) mass is 299 g/mol. The zero-order valence-corrected chi connectivity index (χ0v) is 10.8. The second-order valence-electron chi connectivity index (χ2n) is 4.17. The maximum atomic E-state index is 13.5. The predicted octanol–water partition coefficient (Wildman–Crippen LogP) is 2.42. The van der Waals surface area contributed by atoms with Gasteiger partial charge >= 0.3 is 0 Å². The fourth-order valence-corrected chi connectivity index (χ4v) is 2.82. The van der Waals surface area contributed by atoms with E-state index in [9.17, 15) is 18.0 Å². The third-order valence-electron chi connectivity index (χ3n) is 2.86. The minimum absolute atomic E-state index is 0.311. The minimum atomic E-state index is -1.66. The van der Waals surface area contributed by atoms with Gasteiger partial charge in [0.25, 0.3) is 5.91 Å². The number of rotatable bonds is 2. The van der Waals surface area contributed by atoms with Crippen LogP contribution in [0.1, 0.15) is 20.9 Å². The van der Waals surface area contributed by atoms with Crippen LogP contribution < -0.4 is 10.6 Å². The first-order valence-electron chi connectivity index (χ1n) is 5.70. The highest BCUT2D eigenvalue weighted by molar-refractivity contribution is 7.15. The summed E-state index contributed by atoms with van der Waals surface area (Å²) in [6, 6.07) is 1.60. The van der Waals surface area contributed by atoms with Crippen LogP contribution in [0.25, 0.3) is 0 Å². The van der Waals surface area contributed by atoms with E-state index < -0.39 is 28.9 Å². The van der Waals surface area contributed by atoms with E-state index in [-0.39, 0.29) is 0 Å². The summed E-state index contributed by atoms with van der Waals surface area (Å²) >= 11 is 1.26. The molecule has 0 atom stereocenters. The number of aromatic nitrogens is 1. The number of benzene rings is 1. The highest BCUT2D eigenvalue weighted by Crippen LogP contribution is 2.27. The van der Waals surface area contributed by atoms with Crippen molar-refractivity contribution in [2.24, 2.45) is 0 Å². The molecule has 3 rings (SSSR count). The van der Waals surface area contributed by atoms with Crippen LogP contribution in [0.15, 0.2) is 12.1 Å². The first-order chi connectivity index (χ1) is 9.56. The number of hydrogen-bond acceptors (Lipinski definition) is 4. The lowest BCUT2D eigenvalue weighted by Gasteiger charge is -2.04. The Bertz CT molecular complexity index is 680. The Hall–Kier alpha value is -1.93. The molecule has 0 unspecified atom stereocenters. The molecule has 8 heteroatoms. The number of anilines is 1. The summed E-state index contributed by atoms with van der Waals surface area (Å²) in [6.45, 7) is 1.28. The van der Waals surface area contributed by atoms with E-state index in [1.165, 1.54) is 11.3 Å². The lowest BCUT2D eigenvalue weighted by molar-refractivity contribution is 0.102. The van der Waals surface area contributed by atoms with Crippen molar-refractivity contribution < 1.29 is 18.0 Å². The van der Waals surface area contributed by atoms with Gasteiger partial charge in [-0.25, -0.2) is 18.2 Å². The van der Waals surface area contributed by atoms with Crippen LogP contribution in [0.3, 0.4) is 0 Å². The number of nitrogens with zero attached hydrogens (tertiary/aromatic N) is 1. The molecule has 104 valence electrons. The van der Waals surface area contributed by atoms with Crippen LogP contribution in [-0.4, -0.2) is 10.9 Å². The number of thiazole rings is 1. The molecule has 0 bridgehead atoms. The van der Waals surface area contributed by atoms with Gasteiger partial charge in [0.2, 0.25) is 0 Å². The predicted molar refractivity (Wildman–Crippen MR) is 66.9 cm³/mol. The molecule has 1 amide bonds. The zero-order valence-electron chi connectivity index (χ0n) is 9.97. The molecule has 0 fully saturated rings. The number of halogens is 3. The Labute approximate surface area is 115 Å². The van der Waals surface area contributed by atoms with Crippen molar-refractivity contribution in [3.63, 3.8) is 0 Å². The van der Waals surface area contributed by atoms with Crippen LogP contribution in [0, 0.1) is 17.5 Å². The second kappa shape index (κ2) is 4.88.